The second kappa shape index (κ2) is 20.3. The van der Waals surface area contributed by atoms with Crippen LogP contribution in [0.2, 0.25) is 0 Å². The second-order valence-corrected chi connectivity index (χ2v) is 14.4. The number of hydrogen-bond donors (Lipinski definition) is 3. The van der Waals surface area contributed by atoms with E-state index in [1.54, 1.807) is 29.2 Å². The van der Waals surface area contributed by atoms with Gasteiger partial charge in [-0.05, 0) is 106 Å². The van der Waals surface area contributed by atoms with Crippen LogP contribution in [0.5, 0.6) is 0 Å². The number of thiophene rings is 1. The third-order valence-corrected chi connectivity index (χ3v) is 9.90. The molecule has 0 radical (unpaired) electrons. The van der Waals surface area contributed by atoms with Gasteiger partial charge in [-0.15, -0.1) is 11.3 Å². The number of nitrogens with two attached hydrogens (primary N) is 1. The van der Waals surface area contributed by atoms with Crippen LogP contribution in [0.3, 0.4) is 0 Å². The molecule has 0 bridgehead atoms. The number of nitrogens with zero attached hydrogens (tertiary/aromatic N) is 3. The van der Waals surface area contributed by atoms with Crippen LogP contribution in [-0.2, 0) is 24.4 Å². The number of anilines is 1. The standard InChI is InChI=1S/C32H40Cl2N6O2S.C7H6F2/c1-3-8-29(34)28(23(2)33)22-40-20-24(19-38-13-4-5-14-38)27-11-10-25(17-30(27)40)37-32(42)36-18-31(41)39(15-7-12-35)21-26-9-6-16-43-26;1-5-2-3-6(8)7(9)4-5/h3,6,8-11,16-17,20H,2,4-5,7,12-15,18-19,21-22,35H2,1H3,(H2,36,37,42);2-4H,1H3/b8-3-,29-28+;. The molecule has 3 amide bonds. The van der Waals surface area contributed by atoms with Gasteiger partial charge in [0, 0.05) is 50.9 Å². The number of aromatic nitrogens is 1. The van der Waals surface area contributed by atoms with Crippen molar-refractivity contribution in [3.05, 3.63) is 122 Å². The molecule has 278 valence electrons. The Morgan fingerprint density at radius 2 is 1.87 bits per heavy atom. The van der Waals surface area contributed by atoms with Gasteiger partial charge in [-0.3, -0.25) is 9.69 Å². The quantitative estimate of drug-likeness (QED) is 0.112. The molecule has 1 aliphatic heterocycles. The lowest BCUT2D eigenvalue weighted by Crippen LogP contribution is -2.41. The maximum atomic E-state index is 13.0. The summed E-state index contributed by atoms with van der Waals surface area (Å²) in [6.45, 7) is 12.4. The van der Waals surface area contributed by atoms with Gasteiger partial charge in [0.1, 0.15) is 0 Å². The Kier molecular flexibility index (Phi) is 15.9. The topological polar surface area (TPSA) is 95.6 Å². The predicted octanol–water partition coefficient (Wildman–Crippen LogP) is 8.89. The number of rotatable bonds is 14. The maximum Gasteiger partial charge on any atom is 0.319 e. The highest BCUT2D eigenvalue weighted by Crippen LogP contribution is 2.30. The minimum Gasteiger partial charge on any atom is -0.343 e. The van der Waals surface area contributed by atoms with Crippen LogP contribution < -0.4 is 16.4 Å². The van der Waals surface area contributed by atoms with Crippen LogP contribution in [0.4, 0.5) is 19.3 Å². The van der Waals surface area contributed by atoms with Crippen molar-refractivity contribution in [2.45, 2.75) is 52.7 Å². The van der Waals surface area contributed by atoms with Gasteiger partial charge in [-0.1, -0.05) is 54.1 Å². The van der Waals surface area contributed by atoms with E-state index in [0.717, 1.165) is 58.7 Å². The van der Waals surface area contributed by atoms with Crippen molar-refractivity contribution in [2.75, 3.05) is 38.0 Å². The molecular weight excluding hydrogens is 725 g/mol. The summed E-state index contributed by atoms with van der Waals surface area (Å²) in [6, 6.07) is 13.1. The fourth-order valence-corrected chi connectivity index (χ4v) is 7.03. The third kappa shape index (κ3) is 12.0. The number of amides is 3. The van der Waals surface area contributed by atoms with Gasteiger partial charge >= 0.3 is 6.03 Å². The van der Waals surface area contributed by atoms with Crippen molar-refractivity contribution in [3.63, 3.8) is 0 Å². The van der Waals surface area contributed by atoms with E-state index in [-0.39, 0.29) is 12.5 Å². The molecule has 0 aliphatic carbocycles. The summed E-state index contributed by atoms with van der Waals surface area (Å²) in [7, 11) is 0. The molecular formula is C39H46Cl2F2N6O2S. The Balaban J connectivity index is 0.000000585. The van der Waals surface area contributed by atoms with Gasteiger partial charge in [0.2, 0.25) is 5.91 Å². The number of allylic oxidation sites excluding steroid dienone is 5. The first-order valence-corrected chi connectivity index (χ1v) is 18.8. The number of benzene rings is 2. The van der Waals surface area contributed by atoms with E-state index in [9.17, 15) is 18.4 Å². The number of carbonyl (C=O) groups excluding carboxylic acids is 2. The lowest BCUT2D eigenvalue weighted by atomic mass is 10.1. The molecule has 0 saturated carbocycles. The zero-order chi connectivity index (χ0) is 37.6. The number of urea groups is 1. The van der Waals surface area contributed by atoms with Crippen molar-refractivity contribution < 1.29 is 18.4 Å². The molecule has 1 fully saturated rings. The Hall–Kier alpha value is -4.00. The molecule has 5 rings (SSSR count). The smallest absolute Gasteiger partial charge is 0.319 e. The summed E-state index contributed by atoms with van der Waals surface area (Å²) < 4.78 is 26.4. The van der Waals surface area contributed by atoms with Gasteiger partial charge in [-0.25, -0.2) is 13.6 Å². The summed E-state index contributed by atoms with van der Waals surface area (Å²) in [5, 5.41) is 9.59. The van der Waals surface area contributed by atoms with Crippen LogP contribution >= 0.6 is 34.5 Å². The lowest BCUT2D eigenvalue weighted by Gasteiger charge is -2.22. The van der Waals surface area contributed by atoms with Crippen molar-refractivity contribution in [1.82, 2.24) is 19.7 Å². The Morgan fingerprint density at radius 3 is 2.50 bits per heavy atom. The molecule has 0 spiro atoms. The molecule has 52 heavy (non-hydrogen) atoms. The molecule has 4 N–H and O–H groups in total. The molecule has 0 unspecified atom stereocenters. The highest BCUT2D eigenvalue weighted by atomic mass is 35.5. The van der Waals surface area contributed by atoms with Crippen molar-refractivity contribution >= 4 is 63.1 Å². The molecule has 2 aromatic carbocycles. The Morgan fingerprint density at radius 1 is 1.10 bits per heavy atom. The first kappa shape index (κ1) is 40.8. The van der Waals surface area contributed by atoms with Crippen LogP contribution in [0.25, 0.3) is 10.9 Å². The van der Waals surface area contributed by atoms with E-state index < -0.39 is 17.7 Å². The molecule has 8 nitrogen and oxygen atoms in total. The van der Waals surface area contributed by atoms with Crippen molar-refractivity contribution in [3.8, 4) is 0 Å². The number of nitrogens with one attached hydrogen (secondary N) is 2. The number of halogens is 4. The first-order chi connectivity index (χ1) is 25.0. The van der Waals surface area contributed by atoms with Gasteiger partial charge in [0.25, 0.3) is 0 Å². The molecule has 13 heteroatoms. The second-order valence-electron chi connectivity index (χ2n) is 12.5. The molecule has 2 aromatic heterocycles. The van der Waals surface area contributed by atoms with Crippen molar-refractivity contribution in [2.24, 2.45) is 5.73 Å². The third-order valence-electron chi connectivity index (χ3n) is 8.46. The van der Waals surface area contributed by atoms with E-state index in [0.29, 0.717) is 48.4 Å². The summed E-state index contributed by atoms with van der Waals surface area (Å²) in [4.78, 5) is 31.1. The van der Waals surface area contributed by atoms with Gasteiger partial charge < -0.3 is 25.8 Å². The SMILES string of the molecule is C=C(Cl)/C(Cn1cc(CN2CCCC2)c2ccc(NC(=O)NCC(=O)N(CCCN)Cc3cccs3)cc21)=C(Cl)\C=C/C.Cc1ccc(F)c(F)c1. The number of aryl methyl sites for hydroxylation is 1. The number of hydrogen-bond acceptors (Lipinski definition) is 5. The van der Waals surface area contributed by atoms with Gasteiger partial charge in [0.15, 0.2) is 11.6 Å². The molecule has 0 atom stereocenters. The van der Waals surface area contributed by atoms with E-state index >= 15 is 0 Å². The van der Waals surface area contributed by atoms with Crippen molar-refractivity contribution in [1.29, 1.82) is 0 Å². The lowest BCUT2D eigenvalue weighted by molar-refractivity contribution is -0.130. The minimum atomic E-state index is -0.791. The monoisotopic (exact) mass is 770 g/mol. The minimum absolute atomic E-state index is 0.115. The summed E-state index contributed by atoms with van der Waals surface area (Å²) in [5.41, 5.74) is 9.88. The van der Waals surface area contributed by atoms with Crippen LogP contribution in [-0.4, -0.2) is 59.0 Å². The Bertz CT molecular complexity index is 1890. The summed E-state index contributed by atoms with van der Waals surface area (Å²) in [5.74, 6) is -1.73. The molecule has 3 heterocycles. The summed E-state index contributed by atoms with van der Waals surface area (Å²) >= 11 is 14.5. The number of fused-ring (bicyclic) bond motifs is 1. The van der Waals surface area contributed by atoms with Crippen LogP contribution in [0.1, 0.15) is 42.2 Å². The molecule has 1 saturated heterocycles. The molecule has 4 aromatic rings. The zero-order valence-electron chi connectivity index (χ0n) is 29.6. The fraction of sp³-hybridized carbons (Fsp3) is 0.333. The van der Waals surface area contributed by atoms with E-state index in [1.165, 1.54) is 24.5 Å². The van der Waals surface area contributed by atoms with Gasteiger partial charge in [-0.2, -0.15) is 0 Å². The fourth-order valence-electron chi connectivity index (χ4n) is 5.80. The van der Waals surface area contributed by atoms with E-state index in [2.05, 4.69) is 32.9 Å². The van der Waals surface area contributed by atoms with Crippen LogP contribution in [0, 0.1) is 18.6 Å². The number of carbonyl (C=O) groups is 2. The average Bonchev–Trinajstić information content (AvgIpc) is 3.89. The van der Waals surface area contributed by atoms with Crippen LogP contribution in [0.15, 0.2) is 94.5 Å². The Labute approximate surface area is 318 Å². The normalized spacial score (nSPS) is 13.5. The van der Waals surface area contributed by atoms with E-state index in [4.69, 9.17) is 28.9 Å². The molecule has 1 aliphatic rings. The number of likely N-dealkylation sites (tertiary alicyclic amines) is 1. The highest BCUT2D eigenvalue weighted by molar-refractivity contribution is 7.09. The van der Waals surface area contributed by atoms with E-state index in [1.807, 2.05) is 48.7 Å². The average molecular weight is 772 g/mol. The van der Waals surface area contributed by atoms with Gasteiger partial charge in [0.05, 0.1) is 25.2 Å². The maximum absolute atomic E-state index is 13.0. The summed E-state index contributed by atoms with van der Waals surface area (Å²) in [6.07, 6.45) is 8.91. The largest absolute Gasteiger partial charge is 0.343 e. The zero-order valence-corrected chi connectivity index (χ0v) is 31.9. The highest BCUT2D eigenvalue weighted by Gasteiger charge is 2.19. The predicted molar refractivity (Wildman–Crippen MR) is 211 cm³/mol. The first-order valence-electron chi connectivity index (χ1n) is 17.2.